The molecule has 0 aliphatic carbocycles. The summed E-state index contributed by atoms with van der Waals surface area (Å²) in [7, 11) is -3.08. The average Bonchev–Trinajstić information content (AvgIpc) is 3.09. The molecule has 3 saturated heterocycles. The maximum atomic E-state index is 12.0. The van der Waals surface area contributed by atoms with Crippen molar-refractivity contribution in [3.63, 3.8) is 0 Å². The number of sulfonamides is 1. The van der Waals surface area contributed by atoms with Gasteiger partial charge in [-0.25, -0.2) is 43.1 Å². The van der Waals surface area contributed by atoms with E-state index in [1.807, 2.05) is 25.7 Å². The Balaban J connectivity index is 0.000000172. The lowest BCUT2D eigenvalue weighted by Crippen LogP contribution is -2.50. The second-order valence-corrected chi connectivity index (χ2v) is 16.9. The van der Waals surface area contributed by atoms with Crippen molar-refractivity contribution >= 4 is 81.4 Å². The van der Waals surface area contributed by atoms with Crippen LogP contribution >= 0.6 is 47.8 Å². The molecule has 0 saturated carbocycles. The number of carbonyl (C=O) groups excluding carboxylic acids is 1. The van der Waals surface area contributed by atoms with Gasteiger partial charge in [0.25, 0.3) is 0 Å². The van der Waals surface area contributed by atoms with Crippen molar-refractivity contribution in [2.45, 2.75) is 26.4 Å². The lowest BCUT2D eigenvalue weighted by Gasteiger charge is -2.35. The molecule has 0 spiro atoms. The van der Waals surface area contributed by atoms with Gasteiger partial charge < -0.3 is 29.7 Å². The van der Waals surface area contributed by atoms with Crippen molar-refractivity contribution in [1.82, 2.24) is 44.4 Å². The number of carbonyl (C=O) groups is 1. The molecule has 3 aromatic heterocycles. The summed E-state index contributed by atoms with van der Waals surface area (Å²) in [5, 5.41) is 3.30. The fourth-order valence-electron chi connectivity index (χ4n) is 4.99. The molecule has 0 atom stereocenters. The molecule has 16 nitrogen and oxygen atoms in total. The Morgan fingerprint density at radius 2 is 1.02 bits per heavy atom. The van der Waals surface area contributed by atoms with E-state index in [0.717, 1.165) is 61.3 Å². The zero-order chi connectivity index (χ0) is 36.3. The Bertz CT molecular complexity index is 1600. The molecule has 1 N–H and O–H groups in total. The number of halogens is 3. The smallest absolute Gasteiger partial charge is 0.410 e. The maximum absolute atomic E-state index is 12.0. The number of aromatic nitrogens is 6. The third-order valence-corrected chi connectivity index (χ3v) is 10.1. The van der Waals surface area contributed by atoms with E-state index < -0.39 is 15.6 Å². The second-order valence-electron chi connectivity index (χ2n) is 12.4. The number of anilines is 3. The molecule has 1 amide bonds. The number of rotatable bonds is 4. The Hall–Kier alpha value is -2.78. The van der Waals surface area contributed by atoms with Gasteiger partial charge in [-0.2, -0.15) is 4.31 Å². The van der Waals surface area contributed by atoms with Crippen molar-refractivity contribution in [3.05, 3.63) is 51.0 Å². The van der Waals surface area contributed by atoms with Crippen LogP contribution in [-0.4, -0.2) is 144 Å². The number of hydrogen-bond acceptors (Lipinski definition) is 14. The summed E-state index contributed by atoms with van der Waals surface area (Å²) in [5.41, 5.74) is -0.453. The fourth-order valence-corrected chi connectivity index (χ4v) is 6.43. The van der Waals surface area contributed by atoms with Crippen molar-refractivity contribution in [2.75, 3.05) is 99.5 Å². The molecule has 274 valence electrons. The first-order valence-electron chi connectivity index (χ1n) is 16.0. The molecular formula is C30H43Br3N12O4S. The highest BCUT2D eigenvalue weighted by atomic mass is 79.9. The average molecular weight is 908 g/mol. The molecule has 3 aromatic rings. The summed E-state index contributed by atoms with van der Waals surface area (Å²) in [6.07, 6.45) is 11.2. The van der Waals surface area contributed by atoms with E-state index in [2.05, 4.69) is 92.8 Å². The van der Waals surface area contributed by atoms with Crippen LogP contribution < -0.4 is 20.0 Å². The van der Waals surface area contributed by atoms with Gasteiger partial charge in [0.15, 0.2) is 0 Å². The first-order chi connectivity index (χ1) is 23.7. The minimum absolute atomic E-state index is 0.251. The van der Waals surface area contributed by atoms with Gasteiger partial charge in [-0.15, -0.1) is 0 Å². The van der Waals surface area contributed by atoms with Gasteiger partial charge in [-0.3, -0.25) is 0 Å². The number of amides is 1. The van der Waals surface area contributed by atoms with Crippen LogP contribution in [0.2, 0.25) is 0 Å². The van der Waals surface area contributed by atoms with Crippen molar-refractivity contribution in [2.24, 2.45) is 0 Å². The zero-order valence-corrected chi connectivity index (χ0v) is 34.1. The summed E-state index contributed by atoms with van der Waals surface area (Å²) >= 11 is 9.75. The third kappa shape index (κ3) is 13.1. The summed E-state index contributed by atoms with van der Waals surface area (Å²) < 4.78 is 31.7. The largest absolute Gasteiger partial charge is 0.444 e. The van der Waals surface area contributed by atoms with E-state index in [0.29, 0.717) is 48.5 Å². The molecule has 0 aromatic carbocycles. The predicted molar refractivity (Wildman–Crippen MR) is 203 cm³/mol. The number of piperazine rings is 3. The molecule has 3 aliphatic rings. The van der Waals surface area contributed by atoms with Gasteiger partial charge in [0.2, 0.25) is 10.0 Å². The Morgan fingerprint density at radius 3 is 1.36 bits per heavy atom. The first kappa shape index (κ1) is 40.0. The van der Waals surface area contributed by atoms with Crippen LogP contribution in [-0.2, 0) is 14.8 Å². The van der Waals surface area contributed by atoms with Gasteiger partial charge in [0, 0.05) is 78.5 Å². The molecule has 3 aliphatic heterocycles. The monoisotopic (exact) mass is 904 g/mol. The number of nitrogens with one attached hydrogen (secondary N) is 1. The Morgan fingerprint density at radius 1 is 0.640 bits per heavy atom. The van der Waals surface area contributed by atoms with Crippen molar-refractivity contribution in [3.8, 4) is 0 Å². The van der Waals surface area contributed by atoms with Crippen LogP contribution in [0.1, 0.15) is 20.8 Å². The van der Waals surface area contributed by atoms with E-state index in [9.17, 15) is 13.2 Å². The molecular weight excluding hydrogens is 864 g/mol. The lowest BCUT2D eigenvalue weighted by atomic mass is 10.2. The lowest BCUT2D eigenvalue weighted by molar-refractivity contribution is 0.0240. The van der Waals surface area contributed by atoms with E-state index in [1.54, 1.807) is 42.1 Å². The van der Waals surface area contributed by atoms with Gasteiger partial charge in [-0.1, -0.05) is 0 Å². The molecule has 6 rings (SSSR count). The van der Waals surface area contributed by atoms with Crippen LogP contribution in [0.3, 0.4) is 0 Å². The van der Waals surface area contributed by atoms with E-state index >= 15 is 0 Å². The van der Waals surface area contributed by atoms with Crippen molar-refractivity contribution in [1.29, 1.82) is 0 Å². The van der Waals surface area contributed by atoms with E-state index in [4.69, 9.17) is 4.74 Å². The van der Waals surface area contributed by atoms with Crippen LogP contribution in [0.25, 0.3) is 0 Å². The molecule has 50 heavy (non-hydrogen) atoms. The standard InChI is InChI=1S/C13H19BrN4O2.C9H13BrN4O2S.C8H11BrN4/c1-13(2,3)20-12(19)18-6-4-17(5-7-18)11-9-15-10(14)8-16-11;1-17(15,16)14-4-2-13(3-5-14)9-7-11-8(10)6-12-9;9-7-5-12-8(6-11-7)13-3-1-10-2-4-13/h8-9H,4-7H2,1-3H3;6-7H,2-5H2,1H3;5-6,10H,1-4H2. The number of hydrogen-bond donors (Lipinski definition) is 1. The van der Waals surface area contributed by atoms with Gasteiger partial charge in [0.1, 0.15) is 36.9 Å². The number of nitrogens with zero attached hydrogens (tertiary/aromatic N) is 11. The summed E-state index contributed by atoms with van der Waals surface area (Å²) in [4.78, 5) is 45.3. The van der Waals surface area contributed by atoms with Gasteiger partial charge in [0.05, 0.1) is 43.4 Å². The Labute approximate surface area is 318 Å². The summed E-state index contributed by atoms with van der Waals surface area (Å²) in [5.74, 6) is 2.57. The van der Waals surface area contributed by atoms with E-state index in [-0.39, 0.29) is 6.09 Å². The molecule has 6 heterocycles. The van der Waals surface area contributed by atoms with Crippen molar-refractivity contribution < 1.29 is 17.9 Å². The van der Waals surface area contributed by atoms with E-state index in [1.165, 1.54) is 10.6 Å². The minimum atomic E-state index is -3.08. The molecule has 0 unspecified atom stereocenters. The first-order valence-corrected chi connectivity index (χ1v) is 20.2. The quantitative estimate of drug-likeness (QED) is 0.406. The molecule has 0 radical (unpaired) electrons. The normalized spacial score (nSPS) is 17.3. The minimum Gasteiger partial charge on any atom is -0.444 e. The summed E-state index contributed by atoms with van der Waals surface area (Å²) in [6.45, 7) is 14.7. The topological polar surface area (TPSA) is 166 Å². The van der Waals surface area contributed by atoms with Gasteiger partial charge in [-0.05, 0) is 68.6 Å². The van der Waals surface area contributed by atoms with Gasteiger partial charge >= 0.3 is 6.09 Å². The van der Waals surface area contributed by atoms with Crippen LogP contribution in [0.15, 0.2) is 51.0 Å². The highest BCUT2D eigenvalue weighted by Gasteiger charge is 2.27. The predicted octanol–water partition coefficient (Wildman–Crippen LogP) is 3.27. The molecule has 20 heteroatoms. The second kappa shape index (κ2) is 18.6. The van der Waals surface area contributed by atoms with Crippen LogP contribution in [0.4, 0.5) is 22.2 Å². The maximum Gasteiger partial charge on any atom is 0.410 e. The molecule has 3 fully saturated rings. The third-order valence-electron chi connectivity index (χ3n) is 7.55. The highest BCUT2D eigenvalue weighted by molar-refractivity contribution is 9.11. The number of ether oxygens (including phenoxy) is 1. The van der Waals surface area contributed by atoms with Crippen LogP contribution in [0.5, 0.6) is 0 Å². The molecule has 0 bridgehead atoms. The SMILES string of the molecule is Brc1cnc(N2CCNCC2)cn1.CC(C)(C)OC(=O)N1CCN(c2cnc(Br)cn2)CC1.CS(=O)(=O)N1CCN(c2cnc(Br)cn2)CC1. The zero-order valence-electron chi connectivity index (χ0n) is 28.5. The highest BCUT2D eigenvalue weighted by Crippen LogP contribution is 2.17. The fraction of sp³-hybridized carbons (Fsp3) is 0.567. The Kier molecular flexibility index (Phi) is 14.9. The summed E-state index contributed by atoms with van der Waals surface area (Å²) in [6, 6.07) is 0. The van der Waals surface area contributed by atoms with Crippen LogP contribution in [0, 0.1) is 0 Å².